The van der Waals surface area contributed by atoms with E-state index in [0.717, 1.165) is 25.7 Å². The van der Waals surface area contributed by atoms with Gasteiger partial charge in [0.15, 0.2) is 0 Å². The van der Waals surface area contributed by atoms with Gasteiger partial charge in [0, 0.05) is 31.4 Å². The number of hydrogen-bond acceptors (Lipinski definition) is 3. The molecule has 1 N–H and O–H groups in total. The summed E-state index contributed by atoms with van der Waals surface area (Å²) in [6.45, 7) is 7.29. The molecule has 1 saturated carbocycles. The monoisotopic (exact) mass is 260 g/mol. The van der Waals surface area contributed by atoms with Gasteiger partial charge in [-0.3, -0.25) is 0 Å². The highest BCUT2D eigenvalue weighted by atomic mass is 16.5. The quantitative estimate of drug-likeness (QED) is 0.900. The Labute approximate surface area is 115 Å². The summed E-state index contributed by atoms with van der Waals surface area (Å²) in [5.74, 6) is 0. The van der Waals surface area contributed by atoms with Crippen LogP contribution >= 0.6 is 0 Å². The number of para-hydroxylation sites is 1. The van der Waals surface area contributed by atoms with Crippen molar-refractivity contribution in [2.75, 3.05) is 18.0 Å². The largest absolute Gasteiger partial charge is 0.372 e. The second-order valence-electron chi connectivity index (χ2n) is 5.95. The summed E-state index contributed by atoms with van der Waals surface area (Å²) in [4.78, 5) is 2.47. The van der Waals surface area contributed by atoms with Crippen LogP contribution in [0.1, 0.15) is 32.3 Å². The fraction of sp³-hybridized carbons (Fsp3) is 0.625. The van der Waals surface area contributed by atoms with Gasteiger partial charge < -0.3 is 15.0 Å². The van der Waals surface area contributed by atoms with E-state index in [0.29, 0.717) is 12.2 Å². The zero-order valence-electron chi connectivity index (χ0n) is 11.9. The van der Waals surface area contributed by atoms with Crippen molar-refractivity contribution in [3.8, 4) is 0 Å². The molecule has 1 aromatic rings. The van der Waals surface area contributed by atoms with Crippen molar-refractivity contribution in [1.82, 2.24) is 5.32 Å². The van der Waals surface area contributed by atoms with Crippen LogP contribution in [-0.4, -0.2) is 31.3 Å². The Bertz CT molecular complexity index is 421. The number of hydrogen-bond donors (Lipinski definition) is 1. The lowest BCUT2D eigenvalue weighted by molar-refractivity contribution is -0.00526. The standard InChI is InChI=1S/C16H24N2O/c1-12-10-18(11-13(2)19-12)16-6-4-3-5-14(16)9-17-15-7-8-15/h3-6,12-13,15,17H,7-11H2,1-2H3. The van der Waals surface area contributed by atoms with Gasteiger partial charge in [-0.15, -0.1) is 0 Å². The van der Waals surface area contributed by atoms with Gasteiger partial charge in [-0.05, 0) is 38.3 Å². The summed E-state index contributed by atoms with van der Waals surface area (Å²) in [5.41, 5.74) is 2.79. The zero-order valence-corrected chi connectivity index (χ0v) is 11.9. The van der Waals surface area contributed by atoms with Crippen molar-refractivity contribution < 1.29 is 4.74 Å². The van der Waals surface area contributed by atoms with Gasteiger partial charge in [-0.25, -0.2) is 0 Å². The van der Waals surface area contributed by atoms with Crippen LogP contribution in [0.3, 0.4) is 0 Å². The van der Waals surface area contributed by atoms with Gasteiger partial charge in [0.25, 0.3) is 0 Å². The van der Waals surface area contributed by atoms with E-state index < -0.39 is 0 Å². The highest BCUT2D eigenvalue weighted by molar-refractivity contribution is 5.54. The summed E-state index contributed by atoms with van der Waals surface area (Å²) in [5, 5.41) is 3.62. The van der Waals surface area contributed by atoms with Gasteiger partial charge in [0.2, 0.25) is 0 Å². The number of nitrogens with one attached hydrogen (secondary N) is 1. The summed E-state index contributed by atoms with van der Waals surface area (Å²) < 4.78 is 5.83. The topological polar surface area (TPSA) is 24.5 Å². The highest BCUT2D eigenvalue weighted by Gasteiger charge is 2.25. The highest BCUT2D eigenvalue weighted by Crippen LogP contribution is 2.26. The van der Waals surface area contributed by atoms with E-state index in [-0.39, 0.29) is 0 Å². The number of ether oxygens (including phenoxy) is 1. The van der Waals surface area contributed by atoms with Gasteiger partial charge in [0.05, 0.1) is 12.2 Å². The molecule has 0 spiro atoms. The van der Waals surface area contributed by atoms with Crippen LogP contribution in [0.2, 0.25) is 0 Å². The van der Waals surface area contributed by atoms with E-state index in [1.807, 2.05) is 0 Å². The molecule has 2 fully saturated rings. The SMILES string of the molecule is CC1CN(c2ccccc2CNC2CC2)CC(C)O1. The lowest BCUT2D eigenvalue weighted by atomic mass is 10.1. The maximum atomic E-state index is 5.83. The summed E-state index contributed by atoms with van der Waals surface area (Å²) in [6.07, 6.45) is 3.31. The molecule has 0 amide bonds. The molecule has 3 nitrogen and oxygen atoms in total. The minimum absolute atomic E-state index is 0.313. The maximum absolute atomic E-state index is 5.83. The van der Waals surface area contributed by atoms with Gasteiger partial charge >= 0.3 is 0 Å². The molecule has 3 heteroatoms. The van der Waals surface area contributed by atoms with E-state index in [1.54, 1.807) is 0 Å². The molecular formula is C16H24N2O. The summed E-state index contributed by atoms with van der Waals surface area (Å²) in [6, 6.07) is 9.53. The lowest BCUT2D eigenvalue weighted by Crippen LogP contribution is -2.46. The first kappa shape index (κ1) is 12.9. The van der Waals surface area contributed by atoms with Crippen molar-refractivity contribution in [2.45, 2.75) is 51.5 Å². The summed E-state index contributed by atoms with van der Waals surface area (Å²) in [7, 11) is 0. The fourth-order valence-corrected chi connectivity index (χ4v) is 2.89. The molecule has 0 radical (unpaired) electrons. The molecule has 1 aliphatic carbocycles. The predicted molar refractivity (Wildman–Crippen MR) is 78.5 cm³/mol. The Morgan fingerprint density at radius 2 is 1.84 bits per heavy atom. The van der Waals surface area contributed by atoms with E-state index in [1.165, 1.54) is 24.1 Å². The average molecular weight is 260 g/mol. The Morgan fingerprint density at radius 3 is 2.53 bits per heavy atom. The van der Waals surface area contributed by atoms with Crippen LogP contribution in [0.4, 0.5) is 5.69 Å². The molecule has 1 aliphatic heterocycles. The Balaban J connectivity index is 1.74. The van der Waals surface area contributed by atoms with Gasteiger partial charge in [-0.2, -0.15) is 0 Å². The first-order valence-electron chi connectivity index (χ1n) is 7.44. The zero-order chi connectivity index (χ0) is 13.2. The first-order valence-corrected chi connectivity index (χ1v) is 7.44. The lowest BCUT2D eigenvalue weighted by Gasteiger charge is -2.37. The third-order valence-corrected chi connectivity index (χ3v) is 3.91. The molecule has 1 saturated heterocycles. The predicted octanol–water partition coefficient (Wildman–Crippen LogP) is 2.55. The van der Waals surface area contributed by atoms with E-state index in [2.05, 4.69) is 48.3 Å². The van der Waals surface area contributed by atoms with Crippen LogP contribution < -0.4 is 10.2 Å². The molecule has 3 rings (SSSR count). The third kappa shape index (κ3) is 3.28. The van der Waals surface area contributed by atoms with Crippen molar-refractivity contribution in [2.24, 2.45) is 0 Å². The average Bonchev–Trinajstić information content (AvgIpc) is 3.19. The van der Waals surface area contributed by atoms with Crippen LogP contribution in [0, 0.1) is 0 Å². The van der Waals surface area contributed by atoms with Crippen molar-refractivity contribution in [1.29, 1.82) is 0 Å². The number of morpholine rings is 1. The molecule has 2 unspecified atom stereocenters. The second-order valence-corrected chi connectivity index (χ2v) is 5.95. The molecule has 2 aliphatic rings. The number of rotatable bonds is 4. The minimum atomic E-state index is 0.313. The van der Waals surface area contributed by atoms with E-state index >= 15 is 0 Å². The van der Waals surface area contributed by atoms with Crippen LogP contribution in [-0.2, 0) is 11.3 Å². The molecule has 1 aromatic carbocycles. The first-order chi connectivity index (χ1) is 9.22. The Hall–Kier alpha value is -1.06. The third-order valence-electron chi connectivity index (χ3n) is 3.91. The number of anilines is 1. The Kier molecular flexibility index (Phi) is 3.76. The van der Waals surface area contributed by atoms with Gasteiger partial charge in [0.1, 0.15) is 0 Å². The van der Waals surface area contributed by atoms with Crippen molar-refractivity contribution in [3.05, 3.63) is 29.8 Å². The molecule has 2 atom stereocenters. The molecule has 0 aromatic heterocycles. The van der Waals surface area contributed by atoms with E-state index in [9.17, 15) is 0 Å². The van der Waals surface area contributed by atoms with Crippen molar-refractivity contribution >= 4 is 5.69 Å². The van der Waals surface area contributed by atoms with Crippen molar-refractivity contribution in [3.63, 3.8) is 0 Å². The fourth-order valence-electron chi connectivity index (χ4n) is 2.89. The number of benzene rings is 1. The molecule has 104 valence electrons. The minimum Gasteiger partial charge on any atom is -0.372 e. The van der Waals surface area contributed by atoms with Crippen LogP contribution in [0.5, 0.6) is 0 Å². The molecule has 19 heavy (non-hydrogen) atoms. The smallest absolute Gasteiger partial charge is 0.0726 e. The van der Waals surface area contributed by atoms with Crippen LogP contribution in [0.15, 0.2) is 24.3 Å². The molecule has 1 heterocycles. The Morgan fingerprint density at radius 1 is 1.16 bits per heavy atom. The van der Waals surface area contributed by atoms with E-state index in [4.69, 9.17) is 4.74 Å². The maximum Gasteiger partial charge on any atom is 0.0726 e. The summed E-state index contributed by atoms with van der Waals surface area (Å²) >= 11 is 0. The normalized spacial score (nSPS) is 27.6. The molecule has 0 bridgehead atoms. The second kappa shape index (κ2) is 5.51. The van der Waals surface area contributed by atoms with Crippen LogP contribution in [0.25, 0.3) is 0 Å². The van der Waals surface area contributed by atoms with Gasteiger partial charge in [-0.1, -0.05) is 18.2 Å². The number of nitrogens with zero attached hydrogens (tertiary/aromatic N) is 1. The molecular weight excluding hydrogens is 236 g/mol.